The van der Waals surface area contributed by atoms with E-state index in [4.69, 9.17) is 0 Å². The maximum Gasteiger partial charge on any atom is 0.417 e. The Kier molecular flexibility index (Phi) is 4.39. The standard InChI is InChI=1S/C13H14BrF3N2O/c1-8-7-18-4-5-19(8)12(20)10-3-2-9(14)6-11(10)13(15,16)17/h2-3,6,8,18H,4-5,7H2,1H3/t8-/m1/s1. The van der Waals surface area contributed by atoms with Crippen molar-refractivity contribution in [2.45, 2.75) is 19.1 Å². The summed E-state index contributed by atoms with van der Waals surface area (Å²) in [7, 11) is 0. The molecule has 0 aromatic heterocycles. The zero-order valence-electron chi connectivity index (χ0n) is 10.8. The number of hydrogen-bond acceptors (Lipinski definition) is 2. The summed E-state index contributed by atoms with van der Waals surface area (Å²) >= 11 is 3.01. The molecule has 2 rings (SSSR count). The lowest BCUT2D eigenvalue weighted by Gasteiger charge is -2.34. The first-order valence-corrected chi connectivity index (χ1v) is 6.98. The quantitative estimate of drug-likeness (QED) is 0.844. The van der Waals surface area contributed by atoms with Gasteiger partial charge in [-0.3, -0.25) is 4.79 Å². The van der Waals surface area contributed by atoms with Crippen molar-refractivity contribution in [3.05, 3.63) is 33.8 Å². The molecule has 0 unspecified atom stereocenters. The molecule has 0 aliphatic carbocycles. The van der Waals surface area contributed by atoms with Gasteiger partial charge in [0, 0.05) is 30.1 Å². The Morgan fingerprint density at radius 2 is 2.15 bits per heavy atom. The highest BCUT2D eigenvalue weighted by molar-refractivity contribution is 9.10. The summed E-state index contributed by atoms with van der Waals surface area (Å²) in [5.74, 6) is -0.571. The number of rotatable bonds is 1. The predicted octanol–water partition coefficient (Wildman–Crippen LogP) is 2.90. The van der Waals surface area contributed by atoms with Gasteiger partial charge >= 0.3 is 6.18 Å². The second-order valence-electron chi connectivity index (χ2n) is 4.74. The molecule has 20 heavy (non-hydrogen) atoms. The molecule has 1 aliphatic heterocycles. The molecule has 7 heteroatoms. The lowest BCUT2D eigenvalue weighted by molar-refractivity contribution is -0.138. The first kappa shape index (κ1) is 15.3. The van der Waals surface area contributed by atoms with E-state index in [-0.39, 0.29) is 11.6 Å². The second-order valence-corrected chi connectivity index (χ2v) is 5.66. The van der Waals surface area contributed by atoms with Crippen molar-refractivity contribution in [2.24, 2.45) is 0 Å². The van der Waals surface area contributed by atoms with Gasteiger partial charge < -0.3 is 10.2 Å². The van der Waals surface area contributed by atoms with Gasteiger partial charge in [-0.2, -0.15) is 13.2 Å². The third-order valence-corrected chi connectivity index (χ3v) is 3.77. The third-order valence-electron chi connectivity index (χ3n) is 3.28. The molecule has 1 atom stereocenters. The number of halogens is 4. The van der Waals surface area contributed by atoms with E-state index in [0.29, 0.717) is 24.1 Å². The van der Waals surface area contributed by atoms with Gasteiger partial charge in [0.05, 0.1) is 11.1 Å². The molecule has 0 bridgehead atoms. The molecule has 110 valence electrons. The summed E-state index contributed by atoms with van der Waals surface area (Å²) < 4.78 is 39.4. The number of amides is 1. The number of nitrogens with one attached hydrogen (secondary N) is 1. The molecule has 1 N–H and O–H groups in total. The van der Waals surface area contributed by atoms with E-state index in [1.165, 1.54) is 17.0 Å². The molecular formula is C13H14BrF3N2O. The number of benzene rings is 1. The average Bonchev–Trinajstić information content (AvgIpc) is 2.37. The number of piperazine rings is 1. The molecule has 1 aromatic carbocycles. The minimum atomic E-state index is -4.55. The maximum atomic E-state index is 13.0. The normalized spacial score (nSPS) is 20.1. The van der Waals surface area contributed by atoms with Crippen molar-refractivity contribution < 1.29 is 18.0 Å². The van der Waals surface area contributed by atoms with Crippen molar-refractivity contribution in [3.8, 4) is 0 Å². The summed E-state index contributed by atoms with van der Waals surface area (Å²) in [6, 6.07) is 3.50. The molecule has 1 fully saturated rings. The smallest absolute Gasteiger partial charge is 0.333 e. The summed E-state index contributed by atoms with van der Waals surface area (Å²) in [5.41, 5.74) is -1.20. The Bertz CT molecular complexity index is 519. The Hall–Kier alpha value is -1.08. The van der Waals surface area contributed by atoms with Crippen molar-refractivity contribution in [2.75, 3.05) is 19.6 Å². The van der Waals surface area contributed by atoms with Crippen LogP contribution in [0.25, 0.3) is 0 Å². The van der Waals surface area contributed by atoms with Gasteiger partial charge in [0.1, 0.15) is 0 Å². The van der Waals surface area contributed by atoms with Crippen LogP contribution in [0.4, 0.5) is 13.2 Å². The van der Waals surface area contributed by atoms with E-state index >= 15 is 0 Å². The number of nitrogens with zero attached hydrogens (tertiary/aromatic N) is 1. The maximum absolute atomic E-state index is 13.0. The lowest BCUT2D eigenvalue weighted by atomic mass is 10.0. The van der Waals surface area contributed by atoms with Crippen LogP contribution >= 0.6 is 15.9 Å². The number of carbonyl (C=O) groups is 1. The molecule has 1 aromatic rings. The Labute approximate surface area is 123 Å². The Morgan fingerprint density at radius 1 is 1.45 bits per heavy atom. The van der Waals surface area contributed by atoms with E-state index in [1.807, 2.05) is 6.92 Å². The van der Waals surface area contributed by atoms with Gasteiger partial charge in [-0.1, -0.05) is 15.9 Å². The van der Waals surface area contributed by atoms with E-state index in [9.17, 15) is 18.0 Å². The van der Waals surface area contributed by atoms with Crippen LogP contribution in [0.1, 0.15) is 22.8 Å². The van der Waals surface area contributed by atoms with Gasteiger partial charge in [-0.05, 0) is 25.1 Å². The molecule has 3 nitrogen and oxygen atoms in total. The lowest BCUT2D eigenvalue weighted by Crippen LogP contribution is -2.52. The van der Waals surface area contributed by atoms with Crippen LogP contribution in [0.15, 0.2) is 22.7 Å². The zero-order valence-corrected chi connectivity index (χ0v) is 12.4. The number of alkyl halides is 3. The number of hydrogen-bond donors (Lipinski definition) is 1. The largest absolute Gasteiger partial charge is 0.417 e. The van der Waals surface area contributed by atoms with Gasteiger partial charge in [0.2, 0.25) is 0 Å². The van der Waals surface area contributed by atoms with E-state index in [0.717, 1.165) is 6.07 Å². The first-order chi connectivity index (χ1) is 9.30. The second kappa shape index (κ2) is 5.73. The van der Waals surface area contributed by atoms with Crippen molar-refractivity contribution in [3.63, 3.8) is 0 Å². The fourth-order valence-electron chi connectivity index (χ4n) is 2.23. The van der Waals surface area contributed by atoms with Crippen LogP contribution in [0.2, 0.25) is 0 Å². The van der Waals surface area contributed by atoms with Crippen molar-refractivity contribution in [1.29, 1.82) is 0 Å². The molecule has 0 spiro atoms. The van der Waals surface area contributed by atoms with Gasteiger partial charge in [-0.15, -0.1) is 0 Å². The van der Waals surface area contributed by atoms with Crippen LogP contribution in [0.5, 0.6) is 0 Å². The molecule has 1 aliphatic rings. The molecule has 0 radical (unpaired) electrons. The van der Waals surface area contributed by atoms with Gasteiger partial charge in [0.25, 0.3) is 5.91 Å². The predicted molar refractivity (Wildman–Crippen MR) is 72.5 cm³/mol. The highest BCUT2D eigenvalue weighted by Crippen LogP contribution is 2.34. The summed E-state index contributed by atoms with van der Waals surface area (Å²) in [6.07, 6.45) is -4.55. The van der Waals surface area contributed by atoms with Crippen LogP contribution in [-0.4, -0.2) is 36.5 Å². The topological polar surface area (TPSA) is 32.3 Å². The summed E-state index contributed by atoms with van der Waals surface area (Å²) in [4.78, 5) is 13.9. The van der Waals surface area contributed by atoms with Gasteiger partial charge in [0.15, 0.2) is 0 Å². The highest BCUT2D eigenvalue weighted by Gasteiger charge is 2.37. The van der Waals surface area contributed by atoms with Crippen molar-refractivity contribution in [1.82, 2.24) is 10.2 Å². The van der Waals surface area contributed by atoms with Gasteiger partial charge in [-0.25, -0.2) is 0 Å². The van der Waals surface area contributed by atoms with Crippen LogP contribution in [0, 0.1) is 0 Å². The summed E-state index contributed by atoms with van der Waals surface area (Å²) in [5, 5.41) is 3.10. The van der Waals surface area contributed by atoms with E-state index in [1.54, 1.807) is 0 Å². The molecule has 1 heterocycles. The zero-order chi connectivity index (χ0) is 14.9. The molecule has 1 amide bonds. The number of carbonyl (C=O) groups excluding carboxylic acids is 1. The van der Waals surface area contributed by atoms with Crippen LogP contribution in [-0.2, 0) is 6.18 Å². The fraction of sp³-hybridized carbons (Fsp3) is 0.462. The molecular weight excluding hydrogens is 337 g/mol. The summed E-state index contributed by atoms with van der Waals surface area (Å²) in [6.45, 7) is 3.40. The van der Waals surface area contributed by atoms with E-state index < -0.39 is 17.6 Å². The van der Waals surface area contributed by atoms with Crippen LogP contribution in [0.3, 0.4) is 0 Å². The fourth-order valence-corrected chi connectivity index (χ4v) is 2.60. The molecule has 0 saturated carbocycles. The SMILES string of the molecule is C[C@@H]1CNCCN1C(=O)c1ccc(Br)cc1C(F)(F)F. The average molecular weight is 351 g/mol. The van der Waals surface area contributed by atoms with Crippen molar-refractivity contribution >= 4 is 21.8 Å². The monoisotopic (exact) mass is 350 g/mol. The minimum Gasteiger partial charge on any atom is -0.333 e. The first-order valence-electron chi connectivity index (χ1n) is 6.19. The van der Waals surface area contributed by atoms with Crippen LogP contribution < -0.4 is 5.32 Å². The third kappa shape index (κ3) is 3.15. The Balaban J connectivity index is 2.39. The Morgan fingerprint density at radius 3 is 2.75 bits per heavy atom. The minimum absolute atomic E-state index is 0.124. The highest BCUT2D eigenvalue weighted by atomic mass is 79.9. The molecule has 1 saturated heterocycles. The van der Waals surface area contributed by atoms with E-state index in [2.05, 4.69) is 21.2 Å².